The van der Waals surface area contributed by atoms with E-state index in [1.54, 1.807) is 24.3 Å². The number of aldehydes is 1. The maximum absolute atomic E-state index is 12.1. The highest BCUT2D eigenvalue weighted by molar-refractivity contribution is 5.89. The Hall–Kier alpha value is -1.72. The van der Waals surface area contributed by atoms with E-state index in [1.807, 2.05) is 6.07 Å². The van der Waals surface area contributed by atoms with Crippen LogP contribution in [0.25, 0.3) is 0 Å². The van der Waals surface area contributed by atoms with Crippen molar-refractivity contribution in [1.82, 2.24) is 0 Å². The summed E-state index contributed by atoms with van der Waals surface area (Å²) in [4.78, 5) is 23.0. The normalized spacial score (nSPS) is 34.4. The van der Waals surface area contributed by atoms with Crippen LogP contribution in [0.2, 0.25) is 0 Å². The summed E-state index contributed by atoms with van der Waals surface area (Å²) in [6.07, 6.45) is 0.996. The summed E-state index contributed by atoms with van der Waals surface area (Å²) >= 11 is 0. The molecule has 1 saturated carbocycles. The van der Waals surface area contributed by atoms with Gasteiger partial charge in [-0.05, 0) is 18.1 Å². The fourth-order valence-electron chi connectivity index (χ4n) is 3.46. The standard InChI is InChI=1S/C16H18O5/c17-7-6-11-12-8-15(18)20-14(12)9-13(11)21-16(19)10-4-2-1-3-5-10/h1-5,7,11-15,18H,6,8-9H2/t11-,12?,13?,14?,15?/m1/s1. The average molecular weight is 290 g/mol. The quantitative estimate of drug-likeness (QED) is 0.672. The van der Waals surface area contributed by atoms with Gasteiger partial charge in [-0.1, -0.05) is 18.2 Å². The Morgan fingerprint density at radius 2 is 2.10 bits per heavy atom. The van der Waals surface area contributed by atoms with Gasteiger partial charge < -0.3 is 19.4 Å². The molecule has 0 radical (unpaired) electrons. The Kier molecular flexibility index (Phi) is 4.03. The molecule has 2 aliphatic rings. The van der Waals surface area contributed by atoms with Crippen molar-refractivity contribution in [3.05, 3.63) is 35.9 Å². The van der Waals surface area contributed by atoms with E-state index in [2.05, 4.69) is 0 Å². The molecule has 1 heterocycles. The van der Waals surface area contributed by atoms with Gasteiger partial charge in [0.2, 0.25) is 0 Å². The zero-order valence-electron chi connectivity index (χ0n) is 11.6. The van der Waals surface area contributed by atoms with Gasteiger partial charge in [-0.25, -0.2) is 4.79 Å². The van der Waals surface area contributed by atoms with Gasteiger partial charge in [-0.15, -0.1) is 0 Å². The fourth-order valence-corrected chi connectivity index (χ4v) is 3.46. The molecule has 3 rings (SSSR count). The molecule has 2 fully saturated rings. The summed E-state index contributed by atoms with van der Waals surface area (Å²) in [5, 5.41) is 9.55. The van der Waals surface area contributed by atoms with Gasteiger partial charge in [0, 0.05) is 25.2 Å². The van der Waals surface area contributed by atoms with Crippen LogP contribution in [0.4, 0.5) is 0 Å². The molecule has 5 atom stereocenters. The van der Waals surface area contributed by atoms with Crippen molar-refractivity contribution in [3.8, 4) is 0 Å². The van der Waals surface area contributed by atoms with Crippen molar-refractivity contribution < 1.29 is 24.2 Å². The number of aliphatic hydroxyl groups excluding tert-OH is 1. The zero-order valence-corrected chi connectivity index (χ0v) is 11.6. The molecule has 1 aliphatic heterocycles. The Morgan fingerprint density at radius 3 is 2.81 bits per heavy atom. The largest absolute Gasteiger partial charge is 0.458 e. The third kappa shape index (κ3) is 2.84. The van der Waals surface area contributed by atoms with Gasteiger partial charge in [0.15, 0.2) is 6.29 Å². The molecule has 112 valence electrons. The third-order valence-electron chi connectivity index (χ3n) is 4.41. The van der Waals surface area contributed by atoms with Crippen LogP contribution in [-0.2, 0) is 14.3 Å². The van der Waals surface area contributed by atoms with E-state index < -0.39 is 6.29 Å². The third-order valence-corrected chi connectivity index (χ3v) is 4.41. The lowest BCUT2D eigenvalue weighted by molar-refractivity contribution is -0.110. The number of ether oxygens (including phenoxy) is 2. The molecule has 5 heteroatoms. The first-order chi connectivity index (χ1) is 10.2. The maximum atomic E-state index is 12.1. The van der Waals surface area contributed by atoms with Gasteiger partial charge in [0.05, 0.1) is 11.7 Å². The molecule has 5 nitrogen and oxygen atoms in total. The van der Waals surface area contributed by atoms with Gasteiger partial charge in [0.25, 0.3) is 0 Å². The second kappa shape index (κ2) is 5.95. The number of rotatable bonds is 4. The highest BCUT2D eigenvalue weighted by Crippen LogP contribution is 2.45. The maximum Gasteiger partial charge on any atom is 0.338 e. The molecule has 1 saturated heterocycles. The highest BCUT2D eigenvalue weighted by Gasteiger charge is 2.50. The minimum Gasteiger partial charge on any atom is -0.458 e. The molecule has 1 aromatic carbocycles. The van der Waals surface area contributed by atoms with E-state index >= 15 is 0 Å². The van der Waals surface area contributed by atoms with Crippen LogP contribution in [-0.4, -0.2) is 35.9 Å². The minimum atomic E-state index is -0.764. The van der Waals surface area contributed by atoms with Crippen LogP contribution in [0.15, 0.2) is 30.3 Å². The van der Waals surface area contributed by atoms with Crippen LogP contribution in [0.5, 0.6) is 0 Å². The monoisotopic (exact) mass is 290 g/mol. The first kappa shape index (κ1) is 14.2. The average Bonchev–Trinajstić information content (AvgIpc) is 2.98. The Morgan fingerprint density at radius 1 is 1.33 bits per heavy atom. The number of esters is 1. The van der Waals surface area contributed by atoms with Crippen LogP contribution in [0.1, 0.15) is 29.6 Å². The molecular formula is C16H18O5. The fraction of sp³-hybridized carbons (Fsp3) is 0.500. The predicted octanol–water partition coefficient (Wildman–Crippen LogP) is 1.54. The first-order valence-corrected chi connectivity index (χ1v) is 7.22. The molecule has 4 unspecified atom stereocenters. The predicted molar refractivity (Wildman–Crippen MR) is 73.4 cm³/mol. The number of carbonyl (C=O) groups excluding carboxylic acids is 2. The highest BCUT2D eigenvalue weighted by atomic mass is 16.6. The van der Waals surface area contributed by atoms with Crippen LogP contribution < -0.4 is 0 Å². The van der Waals surface area contributed by atoms with Crippen molar-refractivity contribution in [2.75, 3.05) is 0 Å². The number of benzene rings is 1. The molecule has 21 heavy (non-hydrogen) atoms. The van der Waals surface area contributed by atoms with Crippen molar-refractivity contribution >= 4 is 12.3 Å². The molecule has 0 spiro atoms. The van der Waals surface area contributed by atoms with Gasteiger partial charge in [-0.3, -0.25) is 0 Å². The lowest BCUT2D eigenvalue weighted by atomic mass is 9.89. The van der Waals surface area contributed by atoms with Crippen molar-refractivity contribution in [1.29, 1.82) is 0 Å². The van der Waals surface area contributed by atoms with Crippen LogP contribution >= 0.6 is 0 Å². The smallest absolute Gasteiger partial charge is 0.338 e. The molecule has 0 amide bonds. The van der Waals surface area contributed by atoms with Gasteiger partial charge in [-0.2, -0.15) is 0 Å². The van der Waals surface area contributed by atoms with Crippen LogP contribution in [0, 0.1) is 11.8 Å². The number of fused-ring (bicyclic) bond motifs is 1. The molecule has 0 bridgehead atoms. The van der Waals surface area contributed by atoms with Gasteiger partial charge >= 0.3 is 5.97 Å². The lowest BCUT2D eigenvalue weighted by Crippen LogP contribution is -2.26. The van der Waals surface area contributed by atoms with E-state index in [1.165, 1.54) is 0 Å². The number of hydrogen-bond acceptors (Lipinski definition) is 5. The van der Waals surface area contributed by atoms with E-state index in [-0.39, 0.29) is 30.0 Å². The molecule has 1 N–H and O–H groups in total. The zero-order chi connectivity index (χ0) is 14.8. The summed E-state index contributed by atoms with van der Waals surface area (Å²) in [5.41, 5.74) is 0.500. The Labute approximate surface area is 122 Å². The Balaban J connectivity index is 1.70. The second-order valence-corrected chi connectivity index (χ2v) is 5.64. The molecular weight excluding hydrogens is 272 g/mol. The summed E-state index contributed by atoms with van der Waals surface area (Å²) in [5.74, 6) is -0.367. The van der Waals surface area contributed by atoms with E-state index in [0.29, 0.717) is 24.8 Å². The van der Waals surface area contributed by atoms with Crippen molar-refractivity contribution in [3.63, 3.8) is 0 Å². The molecule has 1 aromatic rings. The summed E-state index contributed by atoms with van der Waals surface area (Å²) in [6, 6.07) is 8.80. The van der Waals surface area contributed by atoms with Crippen LogP contribution in [0.3, 0.4) is 0 Å². The van der Waals surface area contributed by atoms with E-state index in [0.717, 1.165) is 6.29 Å². The van der Waals surface area contributed by atoms with Crippen molar-refractivity contribution in [2.45, 2.75) is 37.8 Å². The second-order valence-electron chi connectivity index (χ2n) is 5.64. The van der Waals surface area contributed by atoms with E-state index in [4.69, 9.17) is 9.47 Å². The van der Waals surface area contributed by atoms with Crippen molar-refractivity contribution in [2.24, 2.45) is 11.8 Å². The number of aliphatic hydroxyl groups is 1. The summed E-state index contributed by atoms with van der Waals surface area (Å²) in [7, 11) is 0. The summed E-state index contributed by atoms with van der Waals surface area (Å²) in [6.45, 7) is 0. The SMILES string of the molecule is O=CC[C@H]1C(OC(=O)c2ccccc2)CC2OC(O)CC21. The topological polar surface area (TPSA) is 72.8 Å². The number of hydrogen-bond donors (Lipinski definition) is 1. The summed E-state index contributed by atoms with van der Waals surface area (Å²) < 4.78 is 11.0. The van der Waals surface area contributed by atoms with E-state index in [9.17, 15) is 14.7 Å². The molecule has 1 aliphatic carbocycles. The lowest BCUT2D eigenvalue weighted by Gasteiger charge is -2.22. The Bertz CT molecular complexity index is 515. The van der Waals surface area contributed by atoms with Gasteiger partial charge in [0.1, 0.15) is 12.4 Å². The minimum absolute atomic E-state index is 0.0719. The molecule has 0 aromatic heterocycles. The first-order valence-electron chi connectivity index (χ1n) is 7.22. The number of carbonyl (C=O) groups is 2.